The summed E-state index contributed by atoms with van der Waals surface area (Å²) in [6.07, 6.45) is 0. The second-order valence-corrected chi connectivity index (χ2v) is 5.90. The van der Waals surface area contributed by atoms with Gasteiger partial charge in [0.05, 0.1) is 5.69 Å². The molecule has 1 heterocycles. The summed E-state index contributed by atoms with van der Waals surface area (Å²) in [5, 5.41) is 3.85. The number of halogens is 2. The highest BCUT2D eigenvalue weighted by Crippen LogP contribution is 2.31. The molecule has 0 amide bonds. The monoisotopic (exact) mass is 328 g/mol. The third-order valence-corrected chi connectivity index (χ3v) is 4.21. The van der Waals surface area contributed by atoms with E-state index < -0.39 is 0 Å². The summed E-state index contributed by atoms with van der Waals surface area (Å²) in [5.41, 5.74) is 4.62. The van der Waals surface area contributed by atoms with Crippen LogP contribution in [-0.4, -0.2) is 11.6 Å². The molecule has 1 aromatic heterocycles. The van der Waals surface area contributed by atoms with Crippen LogP contribution in [0.15, 0.2) is 54.6 Å². The smallest absolute Gasteiger partial charge is 0.132 e. The zero-order chi connectivity index (χ0) is 16.4. The number of nitrogens with zero attached hydrogens (tertiary/aromatic N) is 1. The molecule has 0 bridgehead atoms. The van der Waals surface area contributed by atoms with Gasteiger partial charge in [0.25, 0.3) is 0 Å². The number of nitrogens with one attached hydrogen (secondary N) is 1. The third-order valence-electron chi connectivity index (χ3n) is 3.95. The van der Waals surface area contributed by atoms with Crippen LogP contribution in [0.5, 0.6) is 0 Å². The van der Waals surface area contributed by atoms with E-state index in [0.29, 0.717) is 10.6 Å². The quantitative estimate of drug-likeness (QED) is 0.716. The lowest BCUT2D eigenvalue weighted by Crippen LogP contribution is -2.06. The molecule has 0 fully saturated rings. The molecule has 3 rings (SSSR count). The van der Waals surface area contributed by atoms with Gasteiger partial charge in [-0.25, -0.2) is 4.39 Å². The van der Waals surface area contributed by atoms with Gasteiger partial charge in [-0.05, 0) is 62.0 Å². The summed E-state index contributed by atoms with van der Waals surface area (Å²) < 4.78 is 16.4. The van der Waals surface area contributed by atoms with Crippen LogP contribution >= 0.6 is 11.6 Å². The van der Waals surface area contributed by atoms with E-state index in [2.05, 4.69) is 9.88 Å². The Balaban J connectivity index is 2.24. The lowest BCUT2D eigenvalue weighted by Gasteiger charge is -2.13. The van der Waals surface area contributed by atoms with Gasteiger partial charge in [-0.3, -0.25) is 0 Å². The molecule has 0 saturated carbocycles. The van der Waals surface area contributed by atoms with Gasteiger partial charge in [-0.15, -0.1) is 0 Å². The number of hydrogen-bond donors (Lipinski definition) is 1. The Morgan fingerprint density at radius 3 is 2.43 bits per heavy atom. The van der Waals surface area contributed by atoms with Crippen molar-refractivity contribution in [3.63, 3.8) is 0 Å². The summed E-state index contributed by atoms with van der Waals surface area (Å²) in [6, 6.07) is 16.5. The molecular formula is C19H18ClFN2. The Bertz CT molecular complexity index is 822. The largest absolute Gasteiger partial charge is 0.316 e. The first-order valence-corrected chi connectivity index (χ1v) is 7.86. The minimum absolute atomic E-state index is 0.226. The van der Waals surface area contributed by atoms with E-state index in [-0.39, 0.29) is 5.82 Å². The van der Waals surface area contributed by atoms with Gasteiger partial charge in [-0.2, -0.15) is 0 Å². The molecular weight excluding hydrogens is 311 g/mol. The second-order valence-electron chi connectivity index (χ2n) is 5.46. The summed E-state index contributed by atoms with van der Waals surface area (Å²) in [6.45, 7) is 2.78. The minimum atomic E-state index is -0.226. The van der Waals surface area contributed by atoms with Crippen molar-refractivity contribution in [2.24, 2.45) is 0 Å². The highest BCUT2D eigenvalue weighted by molar-refractivity contribution is 6.30. The second kappa shape index (κ2) is 6.57. The zero-order valence-electron chi connectivity index (χ0n) is 13.1. The fraction of sp³-hybridized carbons (Fsp3) is 0.158. The van der Waals surface area contributed by atoms with E-state index in [1.54, 1.807) is 12.1 Å². The van der Waals surface area contributed by atoms with Crippen molar-refractivity contribution in [3.05, 3.63) is 76.7 Å². The van der Waals surface area contributed by atoms with Gasteiger partial charge in [0.2, 0.25) is 0 Å². The molecule has 0 unspecified atom stereocenters. The molecule has 0 atom stereocenters. The first-order chi connectivity index (χ1) is 11.1. The third kappa shape index (κ3) is 3.03. The number of hydrogen-bond acceptors (Lipinski definition) is 1. The number of benzene rings is 2. The molecule has 0 aliphatic heterocycles. The van der Waals surface area contributed by atoms with E-state index in [1.807, 2.05) is 50.4 Å². The van der Waals surface area contributed by atoms with E-state index in [0.717, 1.165) is 29.2 Å². The summed E-state index contributed by atoms with van der Waals surface area (Å²) >= 11 is 6.00. The van der Waals surface area contributed by atoms with E-state index >= 15 is 0 Å². The summed E-state index contributed by atoms with van der Waals surface area (Å²) in [4.78, 5) is 0. The minimum Gasteiger partial charge on any atom is -0.316 e. The lowest BCUT2D eigenvalue weighted by atomic mass is 10.1. The Kier molecular flexibility index (Phi) is 4.51. The standard InChI is InChI=1S/C19H18ClFN2/c1-13-14(12-22-2)11-19(17-5-3-4-6-18(17)21)23(13)16-9-7-15(20)8-10-16/h3-11,22H,12H2,1-2H3. The molecule has 23 heavy (non-hydrogen) atoms. The van der Waals surface area contributed by atoms with Crippen molar-refractivity contribution in [2.45, 2.75) is 13.5 Å². The lowest BCUT2D eigenvalue weighted by molar-refractivity contribution is 0.630. The van der Waals surface area contributed by atoms with Crippen molar-refractivity contribution in [2.75, 3.05) is 7.05 Å². The van der Waals surface area contributed by atoms with Crippen LogP contribution in [0.2, 0.25) is 5.02 Å². The average molecular weight is 329 g/mol. The Labute approximate surface area is 140 Å². The molecule has 0 spiro atoms. The van der Waals surface area contributed by atoms with Crippen LogP contribution in [0.25, 0.3) is 16.9 Å². The number of rotatable bonds is 4. The van der Waals surface area contributed by atoms with Crippen molar-refractivity contribution in [1.82, 2.24) is 9.88 Å². The molecule has 0 saturated heterocycles. The predicted octanol–water partition coefficient (Wildman–Crippen LogP) is 4.96. The maximum Gasteiger partial charge on any atom is 0.132 e. The fourth-order valence-corrected chi connectivity index (χ4v) is 2.94. The van der Waals surface area contributed by atoms with Gasteiger partial charge in [0.15, 0.2) is 0 Å². The van der Waals surface area contributed by atoms with E-state index in [1.165, 1.54) is 6.07 Å². The van der Waals surface area contributed by atoms with E-state index in [9.17, 15) is 4.39 Å². The molecule has 118 valence electrons. The first-order valence-electron chi connectivity index (χ1n) is 7.48. The maximum absolute atomic E-state index is 14.3. The van der Waals surface area contributed by atoms with Gasteiger partial charge in [-0.1, -0.05) is 23.7 Å². The SMILES string of the molecule is CNCc1cc(-c2ccccc2F)n(-c2ccc(Cl)cc2)c1C. The molecule has 4 heteroatoms. The Morgan fingerprint density at radius 1 is 1.09 bits per heavy atom. The molecule has 2 nitrogen and oxygen atoms in total. The van der Waals surface area contributed by atoms with Crippen LogP contribution in [0.1, 0.15) is 11.3 Å². The van der Waals surface area contributed by atoms with Crippen molar-refractivity contribution >= 4 is 11.6 Å². The normalized spacial score (nSPS) is 11.0. The van der Waals surface area contributed by atoms with Crippen LogP contribution in [0.3, 0.4) is 0 Å². The topological polar surface area (TPSA) is 17.0 Å². The van der Waals surface area contributed by atoms with Crippen LogP contribution in [0, 0.1) is 12.7 Å². The molecule has 1 N–H and O–H groups in total. The fourth-order valence-electron chi connectivity index (χ4n) is 2.82. The zero-order valence-corrected chi connectivity index (χ0v) is 13.9. The first kappa shape index (κ1) is 15.8. The van der Waals surface area contributed by atoms with Gasteiger partial charge < -0.3 is 9.88 Å². The highest BCUT2D eigenvalue weighted by Gasteiger charge is 2.16. The van der Waals surface area contributed by atoms with Crippen LogP contribution < -0.4 is 5.32 Å². The van der Waals surface area contributed by atoms with Gasteiger partial charge >= 0.3 is 0 Å². The van der Waals surface area contributed by atoms with Crippen molar-refractivity contribution in [1.29, 1.82) is 0 Å². The van der Waals surface area contributed by atoms with Crippen molar-refractivity contribution in [3.8, 4) is 16.9 Å². The predicted molar refractivity (Wildman–Crippen MR) is 93.7 cm³/mol. The van der Waals surface area contributed by atoms with Gasteiger partial charge in [0, 0.05) is 28.5 Å². The molecule has 3 aromatic rings. The van der Waals surface area contributed by atoms with E-state index in [4.69, 9.17) is 11.6 Å². The molecule has 2 aromatic carbocycles. The molecule has 0 aliphatic carbocycles. The summed E-state index contributed by atoms with van der Waals surface area (Å²) in [5.74, 6) is -0.226. The van der Waals surface area contributed by atoms with Crippen LogP contribution in [0.4, 0.5) is 4.39 Å². The molecule has 0 aliphatic rings. The van der Waals surface area contributed by atoms with Gasteiger partial charge in [0.1, 0.15) is 5.82 Å². The highest BCUT2D eigenvalue weighted by atomic mass is 35.5. The molecule has 0 radical (unpaired) electrons. The Morgan fingerprint density at radius 2 is 1.78 bits per heavy atom. The Hall–Kier alpha value is -2.10. The van der Waals surface area contributed by atoms with Crippen molar-refractivity contribution < 1.29 is 4.39 Å². The average Bonchev–Trinajstić information content (AvgIpc) is 2.86. The summed E-state index contributed by atoms with van der Waals surface area (Å²) in [7, 11) is 1.90. The van der Waals surface area contributed by atoms with Crippen LogP contribution in [-0.2, 0) is 6.54 Å². The maximum atomic E-state index is 14.3. The number of aromatic nitrogens is 1.